The van der Waals surface area contributed by atoms with E-state index >= 15 is 0 Å². The fraction of sp³-hybridized carbons (Fsp3) is 0.375. The molecule has 0 N–H and O–H groups in total. The van der Waals surface area contributed by atoms with Crippen molar-refractivity contribution in [2.45, 2.75) is 37.7 Å². The van der Waals surface area contributed by atoms with Crippen LogP contribution < -0.4 is 4.74 Å². The molecule has 3 nitrogen and oxygen atoms in total. The van der Waals surface area contributed by atoms with Gasteiger partial charge in [-0.3, -0.25) is 0 Å². The molecule has 0 atom stereocenters. The summed E-state index contributed by atoms with van der Waals surface area (Å²) in [6, 6.07) is 11.9. The van der Waals surface area contributed by atoms with Crippen molar-refractivity contribution in [2.75, 3.05) is 0 Å². The lowest BCUT2D eigenvalue weighted by Gasteiger charge is -2.28. The molecule has 0 saturated heterocycles. The van der Waals surface area contributed by atoms with Crippen LogP contribution in [0.2, 0.25) is 5.02 Å². The van der Waals surface area contributed by atoms with Crippen molar-refractivity contribution in [3.63, 3.8) is 0 Å². The van der Waals surface area contributed by atoms with Crippen LogP contribution in [0.15, 0.2) is 41.0 Å². The van der Waals surface area contributed by atoms with E-state index in [4.69, 9.17) is 16.3 Å². The topological polar surface area (TPSA) is 35.0 Å². The second kappa shape index (κ2) is 6.75. The molecule has 110 valence electrons. The van der Waals surface area contributed by atoms with Crippen LogP contribution in [0.1, 0.15) is 37.2 Å². The van der Waals surface area contributed by atoms with Crippen molar-refractivity contribution in [1.82, 2.24) is 10.2 Å². The molecule has 1 aromatic carbocycles. The minimum Gasteiger partial charge on any atom is -0.473 e. The summed E-state index contributed by atoms with van der Waals surface area (Å²) in [5.74, 6) is 1.18. The molecule has 1 aliphatic rings. The Balaban J connectivity index is 1.56. The van der Waals surface area contributed by atoms with Gasteiger partial charge in [-0.05, 0) is 71.3 Å². The highest BCUT2D eigenvalue weighted by molar-refractivity contribution is 9.10. The van der Waals surface area contributed by atoms with Gasteiger partial charge in [0, 0.05) is 11.1 Å². The van der Waals surface area contributed by atoms with Gasteiger partial charge in [-0.25, -0.2) is 0 Å². The number of benzene rings is 1. The molecule has 1 aromatic heterocycles. The van der Waals surface area contributed by atoms with Crippen LogP contribution in [0.5, 0.6) is 5.88 Å². The van der Waals surface area contributed by atoms with Gasteiger partial charge in [0.1, 0.15) is 10.7 Å². The largest absolute Gasteiger partial charge is 0.473 e. The van der Waals surface area contributed by atoms with Gasteiger partial charge in [0.25, 0.3) is 0 Å². The van der Waals surface area contributed by atoms with Crippen molar-refractivity contribution in [3.05, 3.63) is 51.6 Å². The maximum atomic E-state index is 6.07. The lowest BCUT2D eigenvalue weighted by Crippen LogP contribution is -2.23. The third-order valence-electron chi connectivity index (χ3n) is 3.89. The Labute approximate surface area is 137 Å². The van der Waals surface area contributed by atoms with Crippen LogP contribution >= 0.6 is 27.5 Å². The highest BCUT2D eigenvalue weighted by atomic mass is 79.9. The van der Waals surface area contributed by atoms with Gasteiger partial charge in [0.05, 0.1) is 0 Å². The molecule has 1 saturated carbocycles. The number of ether oxygens (including phenoxy) is 1. The maximum absolute atomic E-state index is 6.07. The predicted octanol–water partition coefficient (Wildman–Crippen LogP) is 5.00. The molecule has 0 amide bonds. The molecular weight excluding hydrogens is 352 g/mol. The second-order valence-electron chi connectivity index (χ2n) is 5.34. The van der Waals surface area contributed by atoms with Gasteiger partial charge in [-0.15, -0.1) is 10.2 Å². The van der Waals surface area contributed by atoms with E-state index in [1.807, 2.05) is 24.3 Å². The summed E-state index contributed by atoms with van der Waals surface area (Å²) < 4.78 is 6.62. The van der Waals surface area contributed by atoms with Crippen molar-refractivity contribution in [3.8, 4) is 5.88 Å². The first kappa shape index (κ1) is 14.8. The molecule has 2 aromatic rings. The summed E-state index contributed by atoms with van der Waals surface area (Å²) >= 11 is 9.34. The quantitative estimate of drug-likeness (QED) is 0.766. The van der Waals surface area contributed by atoms with E-state index < -0.39 is 0 Å². The number of hydrogen-bond donors (Lipinski definition) is 0. The minimum absolute atomic E-state index is 0.232. The highest BCUT2D eigenvalue weighted by Gasteiger charge is 2.24. The van der Waals surface area contributed by atoms with Gasteiger partial charge in [0.15, 0.2) is 0 Å². The molecule has 5 heteroatoms. The number of aromatic nitrogens is 2. The molecule has 1 fully saturated rings. The van der Waals surface area contributed by atoms with Crippen molar-refractivity contribution in [1.29, 1.82) is 0 Å². The summed E-state index contributed by atoms with van der Waals surface area (Å²) in [6.45, 7) is 0. The van der Waals surface area contributed by atoms with Crippen LogP contribution in [-0.4, -0.2) is 16.3 Å². The van der Waals surface area contributed by atoms with E-state index in [2.05, 4.69) is 38.3 Å². The summed E-state index contributed by atoms with van der Waals surface area (Å²) in [6.07, 6.45) is 4.55. The van der Waals surface area contributed by atoms with E-state index in [1.165, 1.54) is 5.56 Å². The van der Waals surface area contributed by atoms with Crippen molar-refractivity contribution >= 4 is 27.5 Å². The average Bonchev–Trinajstić information content (AvgIpc) is 2.50. The molecule has 3 rings (SSSR count). The van der Waals surface area contributed by atoms with Crippen LogP contribution in [-0.2, 0) is 0 Å². The van der Waals surface area contributed by atoms with Crippen LogP contribution in [0.4, 0.5) is 0 Å². The fourth-order valence-electron chi connectivity index (χ4n) is 2.81. The molecular formula is C16H16BrClN2O. The molecule has 0 bridgehead atoms. The Bertz CT molecular complexity index is 597. The monoisotopic (exact) mass is 366 g/mol. The van der Waals surface area contributed by atoms with Gasteiger partial charge in [-0.2, -0.15) is 0 Å². The molecule has 0 spiro atoms. The van der Waals surface area contributed by atoms with E-state index in [0.717, 1.165) is 35.3 Å². The van der Waals surface area contributed by atoms with Crippen LogP contribution in [0, 0.1) is 0 Å². The van der Waals surface area contributed by atoms with Gasteiger partial charge in [-0.1, -0.05) is 23.7 Å². The Morgan fingerprint density at radius 2 is 1.86 bits per heavy atom. The van der Waals surface area contributed by atoms with Crippen LogP contribution in [0.25, 0.3) is 0 Å². The Hall–Kier alpha value is -1.13. The Kier molecular flexibility index (Phi) is 4.76. The summed E-state index contributed by atoms with van der Waals surface area (Å²) in [5, 5.41) is 8.78. The minimum atomic E-state index is 0.232. The zero-order valence-electron chi connectivity index (χ0n) is 11.5. The standard InChI is InChI=1S/C16H16BrClN2O/c17-15-8-9-16(20-19-15)21-14-6-4-11(5-7-14)12-2-1-3-13(18)10-12/h1-3,8-11,14H,4-7H2. The number of halogens is 2. The predicted molar refractivity (Wildman–Crippen MR) is 86.8 cm³/mol. The number of hydrogen-bond acceptors (Lipinski definition) is 3. The lowest BCUT2D eigenvalue weighted by atomic mass is 9.83. The first-order chi connectivity index (χ1) is 10.2. The lowest BCUT2D eigenvalue weighted by molar-refractivity contribution is 0.139. The maximum Gasteiger partial charge on any atom is 0.233 e. The summed E-state index contributed by atoms with van der Waals surface area (Å²) in [4.78, 5) is 0. The van der Waals surface area contributed by atoms with Crippen molar-refractivity contribution in [2.24, 2.45) is 0 Å². The van der Waals surface area contributed by atoms with Crippen LogP contribution in [0.3, 0.4) is 0 Å². The van der Waals surface area contributed by atoms with Gasteiger partial charge in [0.2, 0.25) is 5.88 Å². The SMILES string of the molecule is Clc1cccc(C2CCC(Oc3ccc(Br)nn3)CC2)c1. The molecule has 0 unspecified atom stereocenters. The molecule has 0 radical (unpaired) electrons. The first-order valence-corrected chi connectivity index (χ1v) is 8.29. The summed E-state index contributed by atoms with van der Waals surface area (Å²) in [5.41, 5.74) is 1.34. The fourth-order valence-corrected chi connectivity index (χ4v) is 3.22. The van der Waals surface area contributed by atoms with E-state index in [-0.39, 0.29) is 6.10 Å². The third kappa shape index (κ3) is 3.95. The number of nitrogens with zero attached hydrogens (tertiary/aromatic N) is 2. The summed E-state index contributed by atoms with van der Waals surface area (Å²) in [7, 11) is 0. The molecule has 1 aliphatic carbocycles. The average molecular weight is 368 g/mol. The zero-order valence-corrected chi connectivity index (χ0v) is 13.8. The highest BCUT2D eigenvalue weighted by Crippen LogP contribution is 2.35. The normalized spacial score (nSPS) is 22.0. The smallest absolute Gasteiger partial charge is 0.233 e. The number of rotatable bonds is 3. The van der Waals surface area contributed by atoms with Gasteiger partial charge >= 0.3 is 0 Å². The Morgan fingerprint density at radius 1 is 1.05 bits per heavy atom. The first-order valence-electron chi connectivity index (χ1n) is 7.12. The second-order valence-corrected chi connectivity index (χ2v) is 6.59. The zero-order chi connectivity index (χ0) is 14.7. The third-order valence-corrected chi connectivity index (χ3v) is 4.55. The Morgan fingerprint density at radius 3 is 2.52 bits per heavy atom. The van der Waals surface area contributed by atoms with Crippen molar-refractivity contribution < 1.29 is 4.74 Å². The molecule has 1 heterocycles. The molecule has 0 aliphatic heterocycles. The van der Waals surface area contributed by atoms with Gasteiger partial charge < -0.3 is 4.74 Å². The van der Waals surface area contributed by atoms with E-state index in [1.54, 1.807) is 0 Å². The molecule has 21 heavy (non-hydrogen) atoms. The van der Waals surface area contributed by atoms with E-state index in [0.29, 0.717) is 11.8 Å². The van der Waals surface area contributed by atoms with E-state index in [9.17, 15) is 0 Å².